The van der Waals surface area contributed by atoms with Gasteiger partial charge in [0.05, 0.1) is 22.7 Å². The Morgan fingerprint density at radius 3 is 2.33 bits per heavy atom. The van der Waals surface area contributed by atoms with E-state index in [0.29, 0.717) is 12.1 Å². The minimum atomic E-state index is -4.78. The van der Waals surface area contributed by atoms with E-state index in [-0.39, 0.29) is 42.0 Å². The number of anilines is 1. The van der Waals surface area contributed by atoms with Crippen LogP contribution in [0.15, 0.2) is 65.6 Å². The Kier molecular flexibility index (Phi) is 6.65. The third-order valence-electron chi connectivity index (χ3n) is 5.52. The average Bonchev–Trinajstić information content (AvgIpc) is 2.80. The Hall–Kier alpha value is -3.67. The van der Waals surface area contributed by atoms with Gasteiger partial charge in [0.1, 0.15) is 23.5 Å². The number of carboxylic acids is 1. The topological polar surface area (TPSA) is 83.9 Å². The van der Waals surface area contributed by atoms with Crippen LogP contribution in [0.4, 0.5) is 27.6 Å². The molecule has 1 heterocycles. The third kappa shape index (κ3) is 5.27. The number of rotatable bonds is 6. The molecule has 3 aromatic carbocycles. The Labute approximate surface area is 202 Å². The van der Waals surface area contributed by atoms with Gasteiger partial charge in [-0.2, -0.15) is 13.2 Å². The maximum atomic E-state index is 13.8. The summed E-state index contributed by atoms with van der Waals surface area (Å²) in [5, 5.41) is 9.00. The van der Waals surface area contributed by atoms with Crippen LogP contribution in [0, 0.1) is 11.6 Å². The van der Waals surface area contributed by atoms with E-state index >= 15 is 0 Å². The van der Waals surface area contributed by atoms with Crippen molar-refractivity contribution in [2.75, 3.05) is 10.8 Å². The Bertz CT molecular complexity index is 1400. The number of benzene rings is 3. The third-order valence-corrected chi connectivity index (χ3v) is 7.29. The van der Waals surface area contributed by atoms with E-state index in [2.05, 4.69) is 0 Å². The lowest BCUT2D eigenvalue weighted by molar-refractivity contribution is -0.138. The first kappa shape index (κ1) is 25.4. The Balaban J connectivity index is 1.82. The van der Waals surface area contributed by atoms with E-state index in [9.17, 15) is 35.2 Å². The van der Waals surface area contributed by atoms with Gasteiger partial charge < -0.3 is 9.84 Å². The number of halogens is 5. The highest BCUT2D eigenvalue weighted by Crippen LogP contribution is 2.41. The molecule has 6 nitrogen and oxygen atoms in total. The Morgan fingerprint density at radius 2 is 1.69 bits per heavy atom. The smallest absolute Gasteiger partial charge is 0.416 e. The van der Waals surface area contributed by atoms with Gasteiger partial charge in [-0.1, -0.05) is 12.1 Å². The van der Waals surface area contributed by atoms with Crippen LogP contribution in [0.1, 0.15) is 18.4 Å². The van der Waals surface area contributed by atoms with Gasteiger partial charge in [-0.3, -0.25) is 9.10 Å². The minimum absolute atomic E-state index is 0.0211. The molecule has 12 heteroatoms. The highest BCUT2D eigenvalue weighted by atomic mass is 32.2. The second-order valence-corrected chi connectivity index (χ2v) is 9.94. The number of carboxylic acid groups (broad SMARTS) is 1. The molecule has 36 heavy (non-hydrogen) atoms. The number of hydrogen-bond donors (Lipinski definition) is 1. The zero-order valence-corrected chi connectivity index (χ0v) is 19.1. The highest BCUT2D eigenvalue weighted by Gasteiger charge is 2.37. The van der Waals surface area contributed by atoms with Gasteiger partial charge in [-0.05, 0) is 60.0 Å². The van der Waals surface area contributed by atoms with Crippen LogP contribution in [0.3, 0.4) is 0 Å². The summed E-state index contributed by atoms with van der Waals surface area (Å²) in [5.74, 6) is -2.84. The van der Waals surface area contributed by atoms with Crippen molar-refractivity contribution in [2.45, 2.75) is 30.0 Å². The molecule has 0 fully saturated rings. The molecule has 0 aliphatic carbocycles. The summed E-state index contributed by atoms with van der Waals surface area (Å²) < 4.78 is 101. The molecule has 0 unspecified atom stereocenters. The predicted molar refractivity (Wildman–Crippen MR) is 119 cm³/mol. The van der Waals surface area contributed by atoms with Crippen LogP contribution in [-0.4, -0.2) is 32.1 Å². The lowest BCUT2D eigenvalue weighted by Gasteiger charge is -2.35. The highest BCUT2D eigenvalue weighted by molar-refractivity contribution is 7.92. The summed E-state index contributed by atoms with van der Waals surface area (Å²) in [7, 11) is -4.59. The first-order chi connectivity index (χ1) is 16.8. The van der Waals surface area contributed by atoms with Crippen molar-refractivity contribution < 1.29 is 45.0 Å². The molecule has 0 spiro atoms. The zero-order chi connectivity index (χ0) is 26.3. The molecule has 1 atom stereocenters. The standard InChI is InChI=1S/C24H18F5NO5S/c25-17-8-15(9-18(26)12-17)14-4-6-22-21(10-14)30(13-19(35-22)5-7-23(31)32)36(33,34)20-3-1-2-16(11-20)24(27,28)29/h1-4,6,8-12,19H,5,7,13H2,(H,31,32)/t19-/m0/s1. The van der Waals surface area contributed by atoms with Crippen molar-refractivity contribution in [3.8, 4) is 16.9 Å². The van der Waals surface area contributed by atoms with Gasteiger partial charge in [-0.25, -0.2) is 17.2 Å². The van der Waals surface area contributed by atoms with Crippen molar-refractivity contribution in [1.29, 1.82) is 0 Å². The molecule has 1 aliphatic heterocycles. The molecule has 0 saturated heterocycles. The number of alkyl halides is 3. The van der Waals surface area contributed by atoms with Crippen molar-refractivity contribution >= 4 is 21.7 Å². The van der Waals surface area contributed by atoms with Gasteiger partial charge in [0.15, 0.2) is 0 Å². The second-order valence-electron chi connectivity index (χ2n) is 8.07. The van der Waals surface area contributed by atoms with Gasteiger partial charge in [0.2, 0.25) is 0 Å². The van der Waals surface area contributed by atoms with Crippen LogP contribution in [0.2, 0.25) is 0 Å². The van der Waals surface area contributed by atoms with Crippen LogP contribution in [0.5, 0.6) is 5.75 Å². The molecule has 190 valence electrons. The quantitative estimate of drug-likeness (QED) is 0.430. The molecule has 3 aromatic rings. The fraction of sp³-hybridized carbons (Fsp3) is 0.208. The number of carbonyl (C=O) groups is 1. The normalized spacial score (nSPS) is 15.8. The number of ether oxygens (including phenoxy) is 1. The molecule has 4 rings (SSSR count). The monoisotopic (exact) mass is 527 g/mol. The first-order valence-electron chi connectivity index (χ1n) is 10.5. The molecule has 0 saturated carbocycles. The van der Waals surface area contributed by atoms with E-state index in [0.717, 1.165) is 34.6 Å². The largest absolute Gasteiger partial charge is 0.486 e. The second kappa shape index (κ2) is 9.41. The van der Waals surface area contributed by atoms with E-state index in [1.54, 1.807) is 0 Å². The van der Waals surface area contributed by atoms with Crippen LogP contribution >= 0.6 is 0 Å². The molecule has 1 N–H and O–H groups in total. The summed E-state index contributed by atoms with van der Waals surface area (Å²) in [6.45, 7) is -0.389. The summed E-state index contributed by atoms with van der Waals surface area (Å²) in [6.07, 6.45) is -6.10. The number of nitrogens with zero attached hydrogens (tertiary/aromatic N) is 1. The van der Waals surface area contributed by atoms with Crippen molar-refractivity contribution in [3.05, 3.63) is 77.9 Å². The average molecular weight is 527 g/mol. The van der Waals surface area contributed by atoms with E-state index < -0.39 is 50.4 Å². The minimum Gasteiger partial charge on any atom is -0.486 e. The predicted octanol–water partition coefficient (Wildman–Crippen LogP) is 5.47. The van der Waals surface area contributed by atoms with Crippen LogP contribution < -0.4 is 9.04 Å². The molecule has 0 aromatic heterocycles. The van der Waals surface area contributed by atoms with Crippen molar-refractivity contribution in [2.24, 2.45) is 0 Å². The molecule has 0 radical (unpaired) electrons. The molecular formula is C24H18F5NO5S. The number of hydrogen-bond acceptors (Lipinski definition) is 4. The summed E-state index contributed by atoms with van der Waals surface area (Å²) in [6, 6.07) is 10.0. The van der Waals surface area contributed by atoms with E-state index in [4.69, 9.17) is 9.84 Å². The number of aliphatic carboxylic acids is 1. The van der Waals surface area contributed by atoms with Crippen molar-refractivity contribution in [3.63, 3.8) is 0 Å². The number of fused-ring (bicyclic) bond motifs is 1. The lowest BCUT2D eigenvalue weighted by atomic mass is 10.0. The van der Waals surface area contributed by atoms with Gasteiger partial charge in [0.25, 0.3) is 10.0 Å². The van der Waals surface area contributed by atoms with Crippen LogP contribution in [-0.2, 0) is 21.0 Å². The lowest BCUT2D eigenvalue weighted by Crippen LogP contribution is -2.43. The molecular weight excluding hydrogens is 509 g/mol. The van der Waals surface area contributed by atoms with E-state index in [1.165, 1.54) is 18.2 Å². The van der Waals surface area contributed by atoms with Crippen LogP contribution in [0.25, 0.3) is 11.1 Å². The summed E-state index contributed by atoms with van der Waals surface area (Å²) >= 11 is 0. The fourth-order valence-electron chi connectivity index (χ4n) is 3.83. The van der Waals surface area contributed by atoms with E-state index in [1.807, 2.05) is 0 Å². The molecule has 0 amide bonds. The summed E-state index contributed by atoms with van der Waals surface area (Å²) in [4.78, 5) is 10.4. The van der Waals surface area contributed by atoms with Crippen molar-refractivity contribution in [1.82, 2.24) is 0 Å². The first-order valence-corrected chi connectivity index (χ1v) is 12.0. The number of sulfonamides is 1. The molecule has 0 bridgehead atoms. The molecule has 1 aliphatic rings. The fourth-order valence-corrected chi connectivity index (χ4v) is 5.38. The zero-order valence-electron chi connectivity index (χ0n) is 18.3. The maximum Gasteiger partial charge on any atom is 0.416 e. The Morgan fingerprint density at radius 1 is 1.00 bits per heavy atom. The van der Waals surface area contributed by atoms with Gasteiger partial charge in [0, 0.05) is 12.5 Å². The van der Waals surface area contributed by atoms with Gasteiger partial charge in [-0.15, -0.1) is 0 Å². The summed E-state index contributed by atoms with van der Waals surface area (Å²) in [5.41, 5.74) is -0.909. The van der Waals surface area contributed by atoms with Gasteiger partial charge >= 0.3 is 12.1 Å². The SMILES string of the molecule is O=C(O)CC[C@H]1CN(S(=O)(=O)c2cccc(C(F)(F)F)c2)c2cc(-c3cc(F)cc(F)c3)ccc2O1. The maximum absolute atomic E-state index is 13.8.